The van der Waals surface area contributed by atoms with Gasteiger partial charge in [-0.2, -0.15) is 9.64 Å². The number of nitrogens with zero attached hydrogens (tertiary/aromatic N) is 4. The Hall–Kier alpha value is -3.54. The molecule has 0 saturated heterocycles. The lowest BCUT2D eigenvalue weighted by Gasteiger charge is -2.28. The summed E-state index contributed by atoms with van der Waals surface area (Å²) in [6.07, 6.45) is 0.526. The van der Waals surface area contributed by atoms with Gasteiger partial charge in [-0.05, 0) is 64.4 Å². The van der Waals surface area contributed by atoms with Crippen molar-refractivity contribution in [2.24, 2.45) is 0 Å². The highest BCUT2D eigenvalue weighted by atomic mass is 35.5. The van der Waals surface area contributed by atoms with Crippen LogP contribution >= 0.6 is 46.9 Å². The molecule has 46 heavy (non-hydrogen) atoms. The number of carbonyl (C=O) groups is 3. The molecule has 1 aliphatic heterocycles. The monoisotopic (exact) mass is 707 g/mol. The van der Waals surface area contributed by atoms with E-state index in [1.165, 1.54) is 16.4 Å². The minimum Gasteiger partial charge on any atom is -0.483 e. The number of amides is 2. The zero-order valence-corrected chi connectivity index (χ0v) is 29.4. The molecule has 0 atom stereocenters. The number of fused-ring (bicyclic) bond motifs is 1. The molecule has 0 fully saturated rings. The molecule has 246 valence electrons. The maximum absolute atomic E-state index is 12.6. The van der Waals surface area contributed by atoms with Crippen LogP contribution < -0.4 is 14.8 Å². The molecule has 2 amide bonds. The second-order valence-corrected chi connectivity index (χ2v) is 13.4. The molecule has 3 aromatic rings. The number of halogens is 2. The predicted molar refractivity (Wildman–Crippen MR) is 181 cm³/mol. The molecule has 0 radical (unpaired) electrons. The van der Waals surface area contributed by atoms with Crippen LogP contribution in [0.3, 0.4) is 0 Å². The first-order chi connectivity index (χ1) is 21.8. The Morgan fingerprint density at radius 2 is 1.91 bits per heavy atom. The predicted octanol–water partition coefficient (Wildman–Crippen LogP) is 7.63. The summed E-state index contributed by atoms with van der Waals surface area (Å²) in [5.74, 6) is 0.358. The average Bonchev–Trinajstić information content (AvgIpc) is 3.52. The van der Waals surface area contributed by atoms with E-state index in [0.717, 1.165) is 23.5 Å². The van der Waals surface area contributed by atoms with Gasteiger partial charge < -0.3 is 19.5 Å². The standard InChI is InChI=1S/C20H30N2O5S.C11H5Cl2N3OS/c1-7-25-17(23)11-12-22(14(2)3)28-21(6)19(24)26-16-10-8-9-15-13-20(4,5)27-18(15)16;12-8-9(18-16-10(8)13)11(17)15-7-4-2-1-3-6(7)5-14/h8-10,14H,7,11-13H2,1-6H3;1-4H,(H,15,17). The van der Waals surface area contributed by atoms with Crippen LogP contribution in [0.4, 0.5) is 10.5 Å². The Bertz CT molecular complexity index is 1590. The summed E-state index contributed by atoms with van der Waals surface area (Å²) in [7, 11) is 1.64. The number of anilines is 1. The van der Waals surface area contributed by atoms with Gasteiger partial charge in [0.1, 0.15) is 21.6 Å². The van der Waals surface area contributed by atoms with Gasteiger partial charge in [-0.1, -0.05) is 47.5 Å². The van der Waals surface area contributed by atoms with Crippen LogP contribution in [0, 0.1) is 11.3 Å². The summed E-state index contributed by atoms with van der Waals surface area (Å²) in [6, 6.07) is 14.4. The number of para-hydroxylation sites is 2. The maximum atomic E-state index is 12.6. The summed E-state index contributed by atoms with van der Waals surface area (Å²) in [4.78, 5) is 36.3. The Labute approximate surface area is 287 Å². The number of aromatic nitrogens is 1. The van der Waals surface area contributed by atoms with E-state index in [1.54, 1.807) is 44.3 Å². The summed E-state index contributed by atoms with van der Waals surface area (Å²) < 4.78 is 23.6. The van der Waals surface area contributed by atoms with Crippen LogP contribution in [-0.2, 0) is 16.0 Å². The van der Waals surface area contributed by atoms with E-state index >= 15 is 0 Å². The van der Waals surface area contributed by atoms with E-state index in [-0.39, 0.29) is 39.1 Å². The van der Waals surface area contributed by atoms with Gasteiger partial charge in [0.15, 0.2) is 16.7 Å². The van der Waals surface area contributed by atoms with Crippen molar-refractivity contribution < 1.29 is 28.6 Å². The third-order valence-corrected chi connectivity index (χ3v) is 9.26. The highest BCUT2D eigenvalue weighted by Gasteiger charge is 2.33. The topological polar surface area (TPSA) is 134 Å². The first kappa shape index (κ1) is 36.9. The molecule has 2 heterocycles. The molecule has 2 aromatic carbocycles. The highest BCUT2D eigenvalue weighted by Crippen LogP contribution is 2.42. The Kier molecular flexibility index (Phi) is 13.5. The van der Waals surface area contributed by atoms with Gasteiger partial charge >= 0.3 is 12.1 Å². The van der Waals surface area contributed by atoms with Crippen molar-refractivity contribution in [3.63, 3.8) is 0 Å². The van der Waals surface area contributed by atoms with E-state index < -0.39 is 12.0 Å². The molecule has 1 aromatic heterocycles. The van der Waals surface area contributed by atoms with Crippen LogP contribution in [0.25, 0.3) is 0 Å². The highest BCUT2D eigenvalue weighted by molar-refractivity contribution is 7.95. The number of nitriles is 1. The molecular formula is C31H35Cl2N5O6S2. The zero-order chi connectivity index (χ0) is 34.0. The van der Waals surface area contributed by atoms with Crippen LogP contribution in [-0.4, -0.2) is 62.8 Å². The Balaban J connectivity index is 0.000000275. The quantitative estimate of drug-likeness (QED) is 0.166. The number of carbonyl (C=O) groups excluding carboxylic acids is 3. The van der Waals surface area contributed by atoms with Gasteiger partial charge in [-0.15, -0.1) is 0 Å². The van der Waals surface area contributed by atoms with Crippen molar-refractivity contribution in [3.8, 4) is 17.6 Å². The molecule has 1 N–H and O–H groups in total. The van der Waals surface area contributed by atoms with Gasteiger partial charge in [0.2, 0.25) is 0 Å². The number of esters is 1. The Morgan fingerprint density at radius 1 is 1.20 bits per heavy atom. The lowest BCUT2D eigenvalue weighted by molar-refractivity contribution is -0.143. The van der Waals surface area contributed by atoms with Crippen molar-refractivity contribution >= 4 is 70.5 Å². The summed E-state index contributed by atoms with van der Waals surface area (Å²) in [6.45, 7) is 10.6. The first-order valence-electron chi connectivity index (χ1n) is 14.2. The lowest BCUT2D eigenvalue weighted by Crippen LogP contribution is -2.34. The van der Waals surface area contributed by atoms with Crippen LogP contribution in [0.15, 0.2) is 42.5 Å². The van der Waals surface area contributed by atoms with Gasteiger partial charge in [0.25, 0.3) is 5.91 Å². The molecule has 0 saturated carbocycles. The largest absolute Gasteiger partial charge is 0.483 e. The summed E-state index contributed by atoms with van der Waals surface area (Å²) in [5, 5.41) is 11.7. The molecule has 15 heteroatoms. The fourth-order valence-corrected chi connectivity index (χ4v) is 6.00. The van der Waals surface area contributed by atoms with Gasteiger partial charge in [-0.3, -0.25) is 9.59 Å². The zero-order valence-electron chi connectivity index (χ0n) is 26.3. The van der Waals surface area contributed by atoms with E-state index in [1.807, 2.05) is 50.2 Å². The average molecular weight is 709 g/mol. The van der Waals surface area contributed by atoms with Crippen LogP contribution in [0.1, 0.15) is 61.8 Å². The maximum Gasteiger partial charge on any atom is 0.426 e. The third kappa shape index (κ3) is 10.2. The number of hydrogen-bond donors (Lipinski definition) is 1. The first-order valence-corrected chi connectivity index (χ1v) is 16.5. The smallest absolute Gasteiger partial charge is 0.426 e. The van der Waals surface area contributed by atoms with Crippen molar-refractivity contribution in [1.29, 1.82) is 5.26 Å². The number of rotatable bonds is 10. The molecule has 0 aliphatic carbocycles. The van der Waals surface area contributed by atoms with Gasteiger partial charge in [0, 0.05) is 43.8 Å². The van der Waals surface area contributed by atoms with Crippen molar-refractivity contribution in [1.82, 2.24) is 13.0 Å². The lowest BCUT2D eigenvalue weighted by atomic mass is 10.0. The number of benzene rings is 2. The molecular weight excluding hydrogens is 673 g/mol. The minimum atomic E-state index is -0.506. The Morgan fingerprint density at radius 3 is 2.54 bits per heavy atom. The SMILES string of the molecule is CCOC(=O)CCN(SN(C)C(=O)Oc1cccc2c1OC(C)(C)C2)C(C)C.N#Cc1ccccc1NC(=O)c1snc(Cl)c1Cl. The minimum absolute atomic E-state index is 0.0976. The van der Waals surface area contributed by atoms with E-state index in [9.17, 15) is 14.4 Å². The fraction of sp³-hybridized carbons (Fsp3) is 0.387. The normalized spacial score (nSPS) is 12.7. The van der Waals surface area contributed by atoms with E-state index in [2.05, 4.69) is 9.69 Å². The molecule has 0 bridgehead atoms. The van der Waals surface area contributed by atoms with Crippen molar-refractivity contribution in [2.75, 3.05) is 25.5 Å². The summed E-state index contributed by atoms with van der Waals surface area (Å²) in [5.41, 5.74) is 1.51. The summed E-state index contributed by atoms with van der Waals surface area (Å²) >= 11 is 13.6. The second-order valence-electron chi connectivity index (χ2n) is 10.7. The molecule has 1 aliphatic rings. The molecule has 0 unspecified atom stereocenters. The molecule has 11 nitrogen and oxygen atoms in total. The van der Waals surface area contributed by atoms with E-state index in [4.69, 9.17) is 42.7 Å². The van der Waals surface area contributed by atoms with Crippen molar-refractivity contribution in [3.05, 3.63) is 68.6 Å². The fourth-order valence-electron chi connectivity index (χ4n) is 4.11. The van der Waals surface area contributed by atoms with Gasteiger partial charge in [0.05, 0.1) is 24.3 Å². The van der Waals surface area contributed by atoms with E-state index in [0.29, 0.717) is 35.9 Å². The number of ether oxygens (including phenoxy) is 3. The van der Waals surface area contributed by atoms with Crippen molar-refractivity contribution in [2.45, 2.75) is 59.1 Å². The van der Waals surface area contributed by atoms with Crippen LogP contribution in [0.2, 0.25) is 10.2 Å². The van der Waals surface area contributed by atoms with Gasteiger partial charge in [-0.25, -0.2) is 13.4 Å². The number of hydrogen-bond acceptors (Lipinski definition) is 11. The third-order valence-electron chi connectivity index (χ3n) is 6.25. The molecule has 0 spiro atoms. The molecule has 4 rings (SSSR count). The van der Waals surface area contributed by atoms with Crippen LogP contribution in [0.5, 0.6) is 11.5 Å². The number of nitrogens with one attached hydrogen (secondary N) is 1. The second kappa shape index (κ2) is 16.9.